The molecule has 4 aliphatic rings. The number of nitrogens with zero attached hydrogens (tertiary/aromatic N) is 7. The van der Waals surface area contributed by atoms with Gasteiger partial charge >= 0.3 is 0 Å². The van der Waals surface area contributed by atoms with E-state index < -0.39 is 0 Å². The Hall–Kier alpha value is -3.88. The fraction of sp³-hybridized carbons (Fsp3) is 0.333. The summed E-state index contributed by atoms with van der Waals surface area (Å²) in [4.78, 5) is 25.3. The number of hydrogen-bond acceptors (Lipinski definition) is 6. The summed E-state index contributed by atoms with van der Waals surface area (Å²) < 4.78 is 1.93. The lowest BCUT2D eigenvalue weighted by Crippen LogP contribution is -2.33. The van der Waals surface area contributed by atoms with Crippen molar-refractivity contribution in [3.8, 4) is 17.2 Å². The molecule has 8 heteroatoms. The second kappa shape index (κ2) is 9.45. The summed E-state index contributed by atoms with van der Waals surface area (Å²) in [7, 11) is 0. The number of H-pyrrole nitrogens is 1. The average Bonchev–Trinajstić information content (AvgIpc) is 3.79. The zero-order valence-electron chi connectivity index (χ0n) is 21.4. The molecule has 0 radical (unpaired) electrons. The van der Waals surface area contributed by atoms with Crippen LogP contribution in [0.4, 0.5) is 0 Å². The van der Waals surface area contributed by atoms with Crippen LogP contribution in [0, 0.1) is 0 Å². The van der Waals surface area contributed by atoms with Crippen LogP contribution in [0.3, 0.4) is 0 Å². The largest absolute Gasteiger partial charge is 0.343 e. The van der Waals surface area contributed by atoms with Gasteiger partial charge in [-0.15, -0.1) is 0 Å². The minimum Gasteiger partial charge on any atom is -0.343 e. The second-order valence-corrected chi connectivity index (χ2v) is 10.9. The molecule has 192 valence electrons. The Kier molecular flexibility index (Phi) is 5.78. The Morgan fingerprint density at radius 2 is 1.47 bits per heavy atom. The lowest BCUT2D eigenvalue weighted by atomic mass is 9.79. The summed E-state index contributed by atoms with van der Waals surface area (Å²) in [5, 5.41) is 0. The Labute approximate surface area is 222 Å². The first kappa shape index (κ1) is 23.3. The van der Waals surface area contributed by atoms with Crippen molar-refractivity contribution < 1.29 is 0 Å². The third kappa shape index (κ3) is 4.19. The summed E-state index contributed by atoms with van der Waals surface area (Å²) >= 11 is 0. The van der Waals surface area contributed by atoms with Gasteiger partial charge in [-0.05, 0) is 49.2 Å². The SMILES string of the molecule is C1=CC2(c3ccc(-c4cnc[nH]4)nc3)CCN(C1)C2.C1=CC2(c3ccc(-n4ccnc4)nc3)CCN(C1)C2. The van der Waals surface area contributed by atoms with Crippen LogP contribution in [-0.2, 0) is 10.8 Å². The van der Waals surface area contributed by atoms with Crippen LogP contribution in [0.2, 0.25) is 0 Å². The van der Waals surface area contributed by atoms with E-state index in [1.807, 2.05) is 23.2 Å². The predicted octanol–water partition coefficient (Wildman–Crippen LogP) is 3.77. The van der Waals surface area contributed by atoms with Crippen molar-refractivity contribution in [3.05, 3.63) is 103 Å². The molecule has 0 spiro atoms. The minimum absolute atomic E-state index is 0.192. The molecule has 1 N–H and O–H groups in total. The van der Waals surface area contributed by atoms with E-state index in [0.717, 1.165) is 43.4 Å². The summed E-state index contributed by atoms with van der Waals surface area (Å²) in [5.41, 5.74) is 4.96. The number of aromatic amines is 1. The molecule has 8 nitrogen and oxygen atoms in total. The highest BCUT2D eigenvalue weighted by Gasteiger charge is 2.40. The standard InChI is InChI=1S/2C15H16N4/c1-4-15(5-8-18(7-1)11-15)13-2-3-14(17-10-13)19-9-6-16-12-19;1-4-15(5-7-19(6-1)10-15)12-2-3-13(17-8-12)14-9-16-11-18-14/h1-4,6,9-10,12H,5,7-8,11H2;1-4,8-9,11H,5-7,10H2,(H,16,18). The highest BCUT2D eigenvalue weighted by molar-refractivity contribution is 5.53. The van der Waals surface area contributed by atoms with Crippen molar-refractivity contribution in [2.24, 2.45) is 0 Å². The van der Waals surface area contributed by atoms with Crippen LogP contribution in [-0.4, -0.2) is 78.6 Å². The van der Waals surface area contributed by atoms with E-state index in [9.17, 15) is 0 Å². The molecule has 2 saturated heterocycles. The highest BCUT2D eigenvalue weighted by Crippen LogP contribution is 2.39. The van der Waals surface area contributed by atoms with E-state index in [1.54, 1.807) is 25.0 Å². The Morgan fingerprint density at radius 1 is 0.763 bits per heavy atom. The summed E-state index contributed by atoms with van der Waals surface area (Å²) in [5.74, 6) is 0.923. The molecule has 0 saturated carbocycles. The van der Waals surface area contributed by atoms with Crippen molar-refractivity contribution in [1.29, 1.82) is 0 Å². The summed E-state index contributed by atoms with van der Waals surface area (Å²) in [6.45, 7) is 6.85. The van der Waals surface area contributed by atoms with E-state index in [1.165, 1.54) is 37.1 Å². The molecule has 4 aromatic heterocycles. The minimum atomic E-state index is 0.192. The number of pyridine rings is 2. The Morgan fingerprint density at radius 3 is 2.03 bits per heavy atom. The monoisotopic (exact) mass is 504 g/mol. The molecule has 0 aromatic carbocycles. The maximum absolute atomic E-state index is 4.58. The smallest absolute Gasteiger partial charge is 0.137 e. The summed E-state index contributed by atoms with van der Waals surface area (Å²) in [6.07, 6.45) is 24.7. The van der Waals surface area contributed by atoms with Crippen LogP contribution in [0.25, 0.3) is 17.2 Å². The van der Waals surface area contributed by atoms with Gasteiger partial charge in [0.1, 0.15) is 12.1 Å². The molecule has 4 unspecified atom stereocenters. The molecule has 38 heavy (non-hydrogen) atoms. The molecule has 8 rings (SSSR count). The van der Waals surface area contributed by atoms with Crippen molar-refractivity contribution >= 4 is 0 Å². The Bertz CT molecular complexity index is 1310. The molecular weight excluding hydrogens is 472 g/mol. The van der Waals surface area contributed by atoms with Gasteiger partial charge in [0.15, 0.2) is 0 Å². The maximum Gasteiger partial charge on any atom is 0.137 e. The van der Waals surface area contributed by atoms with Crippen LogP contribution >= 0.6 is 0 Å². The van der Waals surface area contributed by atoms with Crippen LogP contribution in [0.1, 0.15) is 24.0 Å². The number of rotatable bonds is 4. The lowest BCUT2D eigenvalue weighted by Gasteiger charge is -2.29. The number of hydrogen-bond donors (Lipinski definition) is 1. The lowest BCUT2D eigenvalue weighted by molar-refractivity contribution is 0.345. The molecular formula is C30H32N8. The zero-order valence-corrected chi connectivity index (χ0v) is 21.4. The van der Waals surface area contributed by atoms with Gasteiger partial charge < -0.3 is 4.98 Å². The van der Waals surface area contributed by atoms with Gasteiger partial charge in [0.05, 0.1) is 23.9 Å². The van der Waals surface area contributed by atoms with E-state index in [-0.39, 0.29) is 10.8 Å². The fourth-order valence-corrected chi connectivity index (χ4v) is 6.40. The van der Waals surface area contributed by atoms with Gasteiger partial charge in [0.2, 0.25) is 0 Å². The van der Waals surface area contributed by atoms with Crippen molar-refractivity contribution in [2.75, 3.05) is 39.3 Å². The van der Waals surface area contributed by atoms with Gasteiger partial charge in [-0.3, -0.25) is 19.4 Å². The Balaban J connectivity index is 0.000000127. The van der Waals surface area contributed by atoms with Gasteiger partial charge in [-0.2, -0.15) is 0 Å². The van der Waals surface area contributed by atoms with E-state index in [4.69, 9.17) is 0 Å². The van der Waals surface area contributed by atoms with Crippen molar-refractivity contribution in [3.63, 3.8) is 0 Å². The predicted molar refractivity (Wildman–Crippen MR) is 147 cm³/mol. The van der Waals surface area contributed by atoms with Crippen LogP contribution in [0.15, 0.2) is 92.2 Å². The summed E-state index contributed by atoms with van der Waals surface area (Å²) in [6, 6.07) is 8.59. The van der Waals surface area contributed by atoms with E-state index in [0.29, 0.717) is 0 Å². The van der Waals surface area contributed by atoms with Crippen molar-refractivity contribution in [2.45, 2.75) is 23.7 Å². The van der Waals surface area contributed by atoms with E-state index in [2.05, 4.69) is 83.3 Å². The van der Waals surface area contributed by atoms with Crippen LogP contribution in [0.5, 0.6) is 0 Å². The molecule has 8 heterocycles. The molecule has 4 bridgehead atoms. The third-order valence-electron chi connectivity index (χ3n) is 8.57. The third-order valence-corrected chi connectivity index (χ3v) is 8.57. The highest BCUT2D eigenvalue weighted by atomic mass is 15.2. The normalized spacial score (nSPS) is 28.7. The first-order chi connectivity index (χ1) is 18.7. The number of imidazole rings is 2. The topological polar surface area (TPSA) is 78.8 Å². The average molecular weight is 505 g/mol. The van der Waals surface area contributed by atoms with Gasteiger partial charge in [0.25, 0.3) is 0 Å². The first-order valence-corrected chi connectivity index (χ1v) is 13.4. The molecule has 2 fully saturated rings. The second-order valence-electron chi connectivity index (χ2n) is 10.9. The molecule has 0 aliphatic carbocycles. The first-order valence-electron chi connectivity index (χ1n) is 13.4. The molecule has 4 atom stereocenters. The number of nitrogens with one attached hydrogen (secondary N) is 1. The molecule has 4 aliphatic heterocycles. The van der Waals surface area contributed by atoms with E-state index >= 15 is 0 Å². The van der Waals surface area contributed by atoms with Gasteiger partial charge in [0, 0.05) is 61.8 Å². The van der Waals surface area contributed by atoms with Gasteiger partial charge in [-0.25, -0.2) is 15.0 Å². The number of aromatic nitrogens is 6. The van der Waals surface area contributed by atoms with Crippen molar-refractivity contribution in [1.82, 2.24) is 39.3 Å². The number of fused-ring (bicyclic) bond motifs is 4. The quantitative estimate of drug-likeness (QED) is 0.427. The van der Waals surface area contributed by atoms with Gasteiger partial charge in [-0.1, -0.05) is 36.4 Å². The molecule has 0 amide bonds. The zero-order chi connectivity index (χ0) is 25.4. The molecule has 4 aromatic rings. The van der Waals surface area contributed by atoms with Crippen LogP contribution < -0.4 is 0 Å². The fourth-order valence-electron chi connectivity index (χ4n) is 6.40. The maximum atomic E-state index is 4.58.